The molecule has 0 aromatic rings. The first-order chi connectivity index (χ1) is 5.97. The lowest BCUT2D eigenvalue weighted by molar-refractivity contribution is -0.0537. The van der Waals surface area contributed by atoms with Crippen LogP contribution in [0.3, 0.4) is 0 Å². The molecule has 1 unspecified atom stereocenters. The minimum Gasteiger partial charge on any atom is -0.373 e. The summed E-state index contributed by atoms with van der Waals surface area (Å²) < 4.78 is 5.80. The summed E-state index contributed by atoms with van der Waals surface area (Å²) in [5.41, 5.74) is -0.000995. The second-order valence-electron chi connectivity index (χ2n) is 5.06. The molecule has 0 amide bonds. The predicted octanol–water partition coefficient (Wildman–Crippen LogP) is 2.33. The third-order valence-electron chi connectivity index (χ3n) is 2.12. The third kappa shape index (κ3) is 6.05. The Balaban J connectivity index is 1.99. The molecule has 1 rings (SSSR count). The van der Waals surface area contributed by atoms with Crippen molar-refractivity contribution in [3.63, 3.8) is 0 Å². The summed E-state index contributed by atoms with van der Waals surface area (Å²) in [4.78, 5) is 0. The van der Waals surface area contributed by atoms with Gasteiger partial charge in [0.25, 0.3) is 0 Å². The average molecular weight is 185 g/mol. The summed E-state index contributed by atoms with van der Waals surface area (Å²) in [6.07, 6.45) is 4.22. The van der Waals surface area contributed by atoms with E-state index in [2.05, 4.69) is 33.0 Å². The summed E-state index contributed by atoms with van der Waals surface area (Å²) in [5.74, 6) is 0. The molecule has 2 heteroatoms. The van der Waals surface area contributed by atoms with E-state index in [1.54, 1.807) is 0 Å². The SMILES string of the molecule is CC(CCNC1CC1)OC(C)(C)C. The molecule has 13 heavy (non-hydrogen) atoms. The fourth-order valence-corrected chi connectivity index (χ4v) is 1.44. The molecule has 0 aliphatic heterocycles. The van der Waals surface area contributed by atoms with Crippen LogP contribution in [0, 0.1) is 0 Å². The number of hydrogen-bond donors (Lipinski definition) is 1. The highest BCUT2D eigenvalue weighted by atomic mass is 16.5. The van der Waals surface area contributed by atoms with Crippen LogP contribution >= 0.6 is 0 Å². The smallest absolute Gasteiger partial charge is 0.0602 e. The number of nitrogens with one attached hydrogen (secondary N) is 1. The largest absolute Gasteiger partial charge is 0.373 e. The van der Waals surface area contributed by atoms with Crippen LogP contribution in [0.5, 0.6) is 0 Å². The number of rotatable bonds is 5. The molecular formula is C11H23NO. The van der Waals surface area contributed by atoms with Crippen molar-refractivity contribution in [1.82, 2.24) is 5.32 Å². The first kappa shape index (κ1) is 11.0. The van der Waals surface area contributed by atoms with Crippen LogP contribution in [0.2, 0.25) is 0 Å². The normalized spacial score (nSPS) is 20.3. The fraction of sp³-hybridized carbons (Fsp3) is 1.00. The first-order valence-electron chi connectivity index (χ1n) is 5.38. The molecule has 0 radical (unpaired) electrons. The molecule has 0 aromatic carbocycles. The summed E-state index contributed by atoms with van der Waals surface area (Å²) in [6.45, 7) is 9.58. The molecule has 1 fully saturated rings. The summed E-state index contributed by atoms with van der Waals surface area (Å²) in [6, 6.07) is 0.821. The maximum Gasteiger partial charge on any atom is 0.0602 e. The van der Waals surface area contributed by atoms with Crippen LogP contribution < -0.4 is 5.32 Å². The molecule has 1 N–H and O–H groups in total. The van der Waals surface area contributed by atoms with Gasteiger partial charge >= 0.3 is 0 Å². The van der Waals surface area contributed by atoms with Gasteiger partial charge < -0.3 is 10.1 Å². The van der Waals surface area contributed by atoms with Crippen molar-refractivity contribution in [1.29, 1.82) is 0 Å². The summed E-state index contributed by atoms with van der Waals surface area (Å²) in [7, 11) is 0. The molecule has 0 bridgehead atoms. The monoisotopic (exact) mass is 185 g/mol. The minimum absolute atomic E-state index is 0.000995. The Morgan fingerprint density at radius 1 is 1.38 bits per heavy atom. The van der Waals surface area contributed by atoms with E-state index in [9.17, 15) is 0 Å². The van der Waals surface area contributed by atoms with E-state index in [0.29, 0.717) is 6.10 Å². The zero-order valence-corrected chi connectivity index (χ0v) is 9.39. The molecule has 1 aliphatic carbocycles. The van der Waals surface area contributed by atoms with Crippen LogP contribution in [-0.2, 0) is 4.74 Å². The van der Waals surface area contributed by atoms with Crippen LogP contribution in [0.4, 0.5) is 0 Å². The van der Waals surface area contributed by atoms with Gasteiger partial charge in [0.1, 0.15) is 0 Å². The van der Waals surface area contributed by atoms with Gasteiger partial charge in [-0.3, -0.25) is 0 Å². The Morgan fingerprint density at radius 3 is 2.46 bits per heavy atom. The van der Waals surface area contributed by atoms with E-state index < -0.39 is 0 Å². The van der Waals surface area contributed by atoms with Crippen molar-refractivity contribution in [2.75, 3.05) is 6.54 Å². The first-order valence-corrected chi connectivity index (χ1v) is 5.38. The molecule has 0 heterocycles. The highest BCUT2D eigenvalue weighted by molar-refractivity contribution is 4.80. The maximum atomic E-state index is 5.80. The van der Waals surface area contributed by atoms with Gasteiger partial charge in [-0.2, -0.15) is 0 Å². The van der Waals surface area contributed by atoms with Gasteiger partial charge in [-0.1, -0.05) is 0 Å². The van der Waals surface area contributed by atoms with Crippen LogP contribution in [0.15, 0.2) is 0 Å². The van der Waals surface area contributed by atoms with Gasteiger partial charge in [-0.15, -0.1) is 0 Å². The molecule has 0 spiro atoms. The maximum absolute atomic E-state index is 5.80. The van der Waals surface area contributed by atoms with E-state index in [1.165, 1.54) is 12.8 Å². The van der Waals surface area contributed by atoms with Crippen molar-refractivity contribution < 1.29 is 4.74 Å². The molecule has 0 saturated heterocycles. The molecule has 1 atom stereocenters. The zero-order valence-electron chi connectivity index (χ0n) is 9.39. The average Bonchev–Trinajstić information content (AvgIpc) is 2.66. The van der Waals surface area contributed by atoms with Crippen LogP contribution in [0.1, 0.15) is 47.0 Å². The molecule has 0 aromatic heterocycles. The highest BCUT2D eigenvalue weighted by Crippen LogP contribution is 2.19. The predicted molar refractivity (Wildman–Crippen MR) is 55.9 cm³/mol. The van der Waals surface area contributed by atoms with Crippen molar-refractivity contribution in [3.8, 4) is 0 Å². The van der Waals surface area contributed by atoms with E-state index in [0.717, 1.165) is 19.0 Å². The second kappa shape index (κ2) is 4.43. The van der Waals surface area contributed by atoms with Crippen molar-refractivity contribution in [2.45, 2.75) is 64.7 Å². The van der Waals surface area contributed by atoms with Gasteiger partial charge in [0, 0.05) is 6.04 Å². The molecule has 1 aliphatic rings. The minimum atomic E-state index is -0.000995. The Kier molecular flexibility index (Phi) is 3.74. The Bertz CT molecular complexity index is 147. The Labute approximate surface area is 82.0 Å². The molecule has 1 saturated carbocycles. The van der Waals surface area contributed by atoms with E-state index in [-0.39, 0.29) is 5.60 Å². The quantitative estimate of drug-likeness (QED) is 0.710. The van der Waals surface area contributed by atoms with Gasteiger partial charge in [-0.25, -0.2) is 0 Å². The number of hydrogen-bond acceptors (Lipinski definition) is 2. The van der Waals surface area contributed by atoms with Gasteiger partial charge in [0.2, 0.25) is 0 Å². The van der Waals surface area contributed by atoms with Crippen LogP contribution in [0.25, 0.3) is 0 Å². The van der Waals surface area contributed by atoms with Crippen molar-refractivity contribution in [2.24, 2.45) is 0 Å². The lowest BCUT2D eigenvalue weighted by Crippen LogP contribution is -2.29. The van der Waals surface area contributed by atoms with Crippen molar-refractivity contribution >= 4 is 0 Å². The molecule has 2 nitrogen and oxygen atoms in total. The fourth-order valence-electron chi connectivity index (χ4n) is 1.44. The highest BCUT2D eigenvalue weighted by Gasteiger charge is 2.20. The molecular weight excluding hydrogens is 162 g/mol. The van der Waals surface area contributed by atoms with E-state index >= 15 is 0 Å². The van der Waals surface area contributed by atoms with Crippen LogP contribution in [-0.4, -0.2) is 24.3 Å². The molecule has 78 valence electrons. The van der Waals surface area contributed by atoms with E-state index in [4.69, 9.17) is 4.74 Å². The summed E-state index contributed by atoms with van der Waals surface area (Å²) >= 11 is 0. The van der Waals surface area contributed by atoms with Crippen molar-refractivity contribution in [3.05, 3.63) is 0 Å². The summed E-state index contributed by atoms with van der Waals surface area (Å²) in [5, 5.41) is 3.49. The van der Waals surface area contributed by atoms with Gasteiger partial charge in [0.05, 0.1) is 11.7 Å². The zero-order chi connectivity index (χ0) is 9.90. The topological polar surface area (TPSA) is 21.3 Å². The third-order valence-corrected chi connectivity index (χ3v) is 2.12. The van der Waals surface area contributed by atoms with Gasteiger partial charge in [0.15, 0.2) is 0 Å². The van der Waals surface area contributed by atoms with E-state index in [1.807, 2.05) is 0 Å². The van der Waals surface area contributed by atoms with Gasteiger partial charge in [-0.05, 0) is 53.5 Å². The lowest BCUT2D eigenvalue weighted by atomic mass is 10.1. The Morgan fingerprint density at radius 2 is 2.00 bits per heavy atom. The Hall–Kier alpha value is -0.0800. The second-order valence-corrected chi connectivity index (χ2v) is 5.06. The number of ether oxygens (including phenoxy) is 1. The lowest BCUT2D eigenvalue weighted by Gasteiger charge is -2.25. The standard InChI is InChI=1S/C11H23NO/c1-9(13-11(2,3)4)7-8-12-10-5-6-10/h9-10,12H,5-8H2,1-4H3.